The fourth-order valence-corrected chi connectivity index (χ4v) is 3.10. The fourth-order valence-electron chi connectivity index (χ4n) is 3.10. The van der Waals surface area contributed by atoms with Crippen LogP contribution >= 0.6 is 0 Å². The molecule has 4 rings (SSSR count). The first kappa shape index (κ1) is 15.7. The second-order valence-corrected chi connectivity index (χ2v) is 5.98. The molecule has 0 aromatic carbocycles. The van der Waals surface area contributed by atoms with Crippen LogP contribution < -0.4 is 5.32 Å². The molecule has 2 saturated heterocycles. The molecule has 10 heteroatoms. The summed E-state index contributed by atoms with van der Waals surface area (Å²) in [5.41, 5.74) is 1.02. The summed E-state index contributed by atoms with van der Waals surface area (Å²) in [7, 11) is 0. The van der Waals surface area contributed by atoms with E-state index in [9.17, 15) is 15.3 Å². The van der Waals surface area contributed by atoms with Crippen molar-refractivity contribution in [3.05, 3.63) is 12.7 Å². The highest BCUT2D eigenvalue weighted by molar-refractivity contribution is 5.82. The lowest BCUT2D eigenvalue weighted by molar-refractivity contribution is -0.0511. The monoisotopic (exact) mass is 337 g/mol. The largest absolute Gasteiger partial charge is 0.394 e. The predicted molar refractivity (Wildman–Crippen MR) is 81.2 cm³/mol. The van der Waals surface area contributed by atoms with E-state index in [1.165, 1.54) is 17.2 Å². The van der Waals surface area contributed by atoms with E-state index in [1.807, 2.05) is 0 Å². The van der Waals surface area contributed by atoms with Crippen molar-refractivity contribution in [2.45, 2.75) is 37.0 Å². The minimum Gasteiger partial charge on any atom is -0.394 e. The summed E-state index contributed by atoms with van der Waals surface area (Å²) in [4.78, 5) is 12.8. The van der Waals surface area contributed by atoms with Crippen molar-refractivity contribution in [2.75, 3.05) is 25.1 Å². The van der Waals surface area contributed by atoms with Crippen molar-refractivity contribution in [3.8, 4) is 0 Å². The maximum absolute atomic E-state index is 10.2. The first-order valence-corrected chi connectivity index (χ1v) is 7.83. The van der Waals surface area contributed by atoms with Gasteiger partial charge in [0.15, 0.2) is 23.2 Å². The Hall–Kier alpha value is -1.85. The second kappa shape index (κ2) is 6.22. The first-order chi connectivity index (χ1) is 11.7. The van der Waals surface area contributed by atoms with Crippen LogP contribution in [0.5, 0.6) is 0 Å². The van der Waals surface area contributed by atoms with Crippen molar-refractivity contribution in [2.24, 2.45) is 0 Å². The molecule has 3 unspecified atom stereocenters. The SMILES string of the molecule is OCC1OC(n2cnc3c(NC4CCOC4)ncnc32)[C@H](O)[C@@H]1O. The molecule has 0 bridgehead atoms. The number of aliphatic hydroxyl groups is 3. The number of fused-ring (bicyclic) bond motifs is 1. The predicted octanol–water partition coefficient (Wildman–Crippen LogP) is -1.36. The number of hydrogen-bond acceptors (Lipinski definition) is 9. The molecule has 4 heterocycles. The number of rotatable bonds is 4. The molecule has 24 heavy (non-hydrogen) atoms. The molecule has 4 N–H and O–H groups in total. The maximum atomic E-state index is 10.2. The molecule has 2 aromatic heterocycles. The molecule has 2 aliphatic rings. The van der Waals surface area contributed by atoms with Gasteiger partial charge in [-0.15, -0.1) is 0 Å². The molecule has 2 fully saturated rings. The van der Waals surface area contributed by atoms with Crippen molar-refractivity contribution < 1.29 is 24.8 Å². The summed E-state index contributed by atoms with van der Waals surface area (Å²) >= 11 is 0. The van der Waals surface area contributed by atoms with Gasteiger partial charge in [0.05, 0.1) is 25.6 Å². The third-order valence-electron chi connectivity index (χ3n) is 4.42. The zero-order valence-corrected chi connectivity index (χ0v) is 12.8. The Morgan fingerprint density at radius 1 is 1.25 bits per heavy atom. The second-order valence-electron chi connectivity index (χ2n) is 5.98. The summed E-state index contributed by atoms with van der Waals surface area (Å²) in [6, 6.07) is 0.169. The molecule has 0 aliphatic carbocycles. The van der Waals surface area contributed by atoms with Gasteiger partial charge in [0.2, 0.25) is 0 Å². The van der Waals surface area contributed by atoms with E-state index in [1.54, 1.807) is 0 Å². The van der Waals surface area contributed by atoms with Crippen LogP contribution in [0, 0.1) is 0 Å². The molecule has 10 nitrogen and oxygen atoms in total. The minimum atomic E-state index is -1.19. The standard InChI is InChI=1S/C14H19N5O5/c20-3-8-10(21)11(22)14(24-8)19-6-17-9-12(15-5-16-13(9)19)18-7-1-2-23-4-7/h5-8,10-11,14,20-22H,1-4H2,(H,15,16,18)/t7?,8?,10-,11-,14?/m1/s1. The number of anilines is 1. The van der Waals surface area contributed by atoms with Crippen LogP contribution in [0.2, 0.25) is 0 Å². The van der Waals surface area contributed by atoms with Gasteiger partial charge in [0.25, 0.3) is 0 Å². The lowest BCUT2D eigenvalue weighted by Gasteiger charge is -2.16. The zero-order chi connectivity index (χ0) is 16.7. The fraction of sp³-hybridized carbons (Fsp3) is 0.643. The van der Waals surface area contributed by atoms with E-state index in [0.29, 0.717) is 30.2 Å². The van der Waals surface area contributed by atoms with Crippen LogP contribution in [0.3, 0.4) is 0 Å². The van der Waals surface area contributed by atoms with Crippen LogP contribution in [0.1, 0.15) is 12.6 Å². The summed E-state index contributed by atoms with van der Waals surface area (Å²) in [6.07, 6.45) is -0.310. The van der Waals surface area contributed by atoms with E-state index >= 15 is 0 Å². The van der Waals surface area contributed by atoms with Crippen LogP contribution in [-0.4, -0.2) is 79.0 Å². The van der Waals surface area contributed by atoms with Gasteiger partial charge < -0.3 is 30.1 Å². The normalized spacial score (nSPS) is 33.4. The number of nitrogens with one attached hydrogen (secondary N) is 1. The Bertz CT molecular complexity index is 719. The highest BCUT2D eigenvalue weighted by Gasteiger charge is 2.44. The topological polar surface area (TPSA) is 135 Å². The Balaban J connectivity index is 1.65. The van der Waals surface area contributed by atoms with Gasteiger partial charge in [0.1, 0.15) is 24.6 Å². The summed E-state index contributed by atoms with van der Waals surface area (Å²) in [5.74, 6) is 0.584. The number of ether oxygens (including phenoxy) is 2. The molecule has 2 aliphatic heterocycles. The summed E-state index contributed by atoms with van der Waals surface area (Å²) in [5, 5.41) is 32.6. The van der Waals surface area contributed by atoms with Crippen molar-refractivity contribution in [1.29, 1.82) is 0 Å². The molecule has 0 amide bonds. The molecule has 0 spiro atoms. The Morgan fingerprint density at radius 3 is 2.83 bits per heavy atom. The highest BCUT2D eigenvalue weighted by atomic mass is 16.6. The van der Waals surface area contributed by atoms with Gasteiger partial charge in [-0.1, -0.05) is 0 Å². The smallest absolute Gasteiger partial charge is 0.167 e. The average molecular weight is 337 g/mol. The highest BCUT2D eigenvalue weighted by Crippen LogP contribution is 2.32. The first-order valence-electron chi connectivity index (χ1n) is 7.83. The van der Waals surface area contributed by atoms with E-state index in [4.69, 9.17) is 9.47 Å². The molecule has 130 valence electrons. The Morgan fingerprint density at radius 2 is 2.12 bits per heavy atom. The third kappa shape index (κ3) is 2.52. The number of nitrogens with zero attached hydrogens (tertiary/aromatic N) is 4. The lowest BCUT2D eigenvalue weighted by Crippen LogP contribution is -2.33. The van der Waals surface area contributed by atoms with Gasteiger partial charge in [-0.2, -0.15) is 0 Å². The average Bonchev–Trinajstić information content (AvgIpc) is 3.30. The maximum Gasteiger partial charge on any atom is 0.167 e. The van der Waals surface area contributed by atoms with E-state index in [0.717, 1.165) is 6.42 Å². The van der Waals surface area contributed by atoms with Crippen LogP contribution in [0.25, 0.3) is 11.2 Å². The van der Waals surface area contributed by atoms with Crippen LogP contribution in [0.4, 0.5) is 5.82 Å². The van der Waals surface area contributed by atoms with E-state index in [2.05, 4.69) is 20.3 Å². The van der Waals surface area contributed by atoms with Crippen LogP contribution in [0.15, 0.2) is 12.7 Å². The van der Waals surface area contributed by atoms with Crippen molar-refractivity contribution in [3.63, 3.8) is 0 Å². The quantitative estimate of drug-likeness (QED) is 0.533. The zero-order valence-electron chi connectivity index (χ0n) is 12.8. The van der Waals surface area contributed by atoms with Gasteiger partial charge >= 0.3 is 0 Å². The molecule has 2 aromatic rings. The lowest BCUT2D eigenvalue weighted by atomic mass is 10.1. The van der Waals surface area contributed by atoms with Crippen molar-refractivity contribution in [1.82, 2.24) is 19.5 Å². The number of aliphatic hydroxyl groups excluding tert-OH is 3. The van der Waals surface area contributed by atoms with Gasteiger partial charge in [-0.05, 0) is 6.42 Å². The summed E-state index contributed by atoms with van der Waals surface area (Å²) in [6.45, 7) is 0.939. The molecular formula is C14H19N5O5. The van der Waals surface area contributed by atoms with Gasteiger partial charge in [-0.25, -0.2) is 15.0 Å². The van der Waals surface area contributed by atoms with Gasteiger partial charge in [-0.3, -0.25) is 4.57 Å². The molecule has 0 radical (unpaired) electrons. The molecule has 0 saturated carbocycles. The number of imidazole rings is 1. The molecular weight excluding hydrogens is 318 g/mol. The number of hydrogen-bond donors (Lipinski definition) is 4. The van der Waals surface area contributed by atoms with Crippen molar-refractivity contribution >= 4 is 17.0 Å². The Labute approximate surface area is 137 Å². The Kier molecular flexibility index (Phi) is 4.06. The summed E-state index contributed by atoms with van der Waals surface area (Å²) < 4.78 is 12.4. The minimum absolute atomic E-state index is 0.169. The van der Waals surface area contributed by atoms with E-state index in [-0.39, 0.29) is 12.6 Å². The number of aromatic nitrogens is 4. The van der Waals surface area contributed by atoms with Gasteiger partial charge in [0, 0.05) is 6.61 Å². The molecule has 5 atom stereocenters. The van der Waals surface area contributed by atoms with E-state index < -0.39 is 24.5 Å². The third-order valence-corrected chi connectivity index (χ3v) is 4.42. The van der Waals surface area contributed by atoms with Crippen LogP contribution in [-0.2, 0) is 9.47 Å².